The van der Waals surface area contributed by atoms with E-state index >= 15 is 0 Å². The fraction of sp³-hybridized carbons (Fsp3) is 0.278. The van der Waals surface area contributed by atoms with Crippen LogP contribution in [0.25, 0.3) is 0 Å². The summed E-state index contributed by atoms with van der Waals surface area (Å²) in [4.78, 5) is 12.1. The fourth-order valence-electron chi connectivity index (χ4n) is 2.44. The maximum atomic E-state index is 12.2. The molecule has 0 fully saturated rings. The SMILES string of the molecule is COc1ccccc1N(CCCC(=O)Nc1ccc(I)cc1)S(C)(=O)=O. The Balaban J connectivity index is 2.00. The number of ether oxygens (including phenoxy) is 1. The number of rotatable bonds is 8. The molecule has 0 unspecified atom stereocenters. The van der Waals surface area contributed by atoms with E-state index in [1.54, 1.807) is 24.3 Å². The number of nitrogens with one attached hydrogen (secondary N) is 1. The molecule has 0 bridgehead atoms. The first-order valence-electron chi connectivity index (χ1n) is 7.97. The molecule has 0 aliphatic carbocycles. The number of halogens is 1. The molecule has 0 atom stereocenters. The van der Waals surface area contributed by atoms with Gasteiger partial charge in [0.15, 0.2) is 0 Å². The normalized spacial score (nSPS) is 11.0. The average molecular weight is 488 g/mol. The van der Waals surface area contributed by atoms with Gasteiger partial charge in [-0.1, -0.05) is 12.1 Å². The summed E-state index contributed by atoms with van der Waals surface area (Å²) in [7, 11) is -2.00. The molecule has 140 valence electrons. The van der Waals surface area contributed by atoms with Gasteiger partial charge in [0, 0.05) is 22.2 Å². The Labute approximate surface area is 167 Å². The van der Waals surface area contributed by atoms with Crippen LogP contribution in [0.3, 0.4) is 0 Å². The minimum Gasteiger partial charge on any atom is -0.495 e. The molecule has 1 N–H and O–H groups in total. The number of hydrogen-bond acceptors (Lipinski definition) is 4. The second kappa shape index (κ2) is 9.22. The molecule has 26 heavy (non-hydrogen) atoms. The molecule has 2 aromatic rings. The van der Waals surface area contributed by atoms with Gasteiger partial charge in [-0.25, -0.2) is 8.42 Å². The second-order valence-corrected chi connectivity index (χ2v) is 8.82. The lowest BCUT2D eigenvalue weighted by molar-refractivity contribution is -0.116. The maximum absolute atomic E-state index is 12.2. The number of para-hydroxylation sites is 2. The number of nitrogens with zero attached hydrogens (tertiary/aromatic N) is 1. The molecule has 0 aromatic heterocycles. The van der Waals surface area contributed by atoms with Crippen molar-refractivity contribution in [3.05, 3.63) is 52.1 Å². The summed E-state index contributed by atoms with van der Waals surface area (Å²) in [6.45, 7) is 0.194. The third kappa shape index (κ3) is 5.87. The van der Waals surface area contributed by atoms with Crippen LogP contribution in [0.4, 0.5) is 11.4 Å². The van der Waals surface area contributed by atoms with E-state index in [0.717, 1.165) is 15.5 Å². The van der Waals surface area contributed by atoms with Crippen LogP contribution >= 0.6 is 22.6 Å². The third-order valence-corrected chi connectivity index (χ3v) is 5.55. The lowest BCUT2D eigenvalue weighted by Crippen LogP contribution is -2.31. The van der Waals surface area contributed by atoms with Crippen molar-refractivity contribution in [3.8, 4) is 5.75 Å². The largest absolute Gasteiger partial charge is 0.495 e. The summed E-state index contributed by atoms with van der Waals surface area (Å²) in [5.41, 5.74) is 1.19. The number of methoxy groups -OCH3 is 1. The molecule has 0 radical (unpaired) electrons. The van der Waals surface area contributed by atoms with Crippen LogP contribution in [0, 0.1) is 3.57 Å². The highest BCUT2D eigenvalue weighted by molar-refractivity contribution is 14.1. The molecule has 0 saturated carbocycles. The van der Waals surface area contributed by atoms with Gasteiger partial charge in [0.2, 0.25) is 15.9 Å². The molecule has 0 heterocycles. The van der Waals surface area contributed by atoms with E-state index in [-0.39, 0.29) is 18.9 Å². The van der Waals surface area contributed by atoms with Gasteiger partial charge in [-0.15, -0.1) is 0 Å². The zero-order valence-electron chi connectivity index (χ0n) is 14.6. The monoisotopic (exact) mass is 488 g/mol. The summed E-state index contributed by atoms with van der Waals surface area (Å²) in [5.74, 6) is 0.320. The molecule has 0 spiro atoms. The van der Waals surface area contributed by atoms with Crippen LogP contribution in [-0.4, -0.2) is 34.2 Å². The number of carbonyl (C=O) groups excluding carboxylic acids is 1. The maximum Gasteiger partial charge on any atom is 0.232 e. The fourth-order valence-corrected chi connectivity index (χ4v) is 3.77. The van der Waals surface area contributed by atoms with E-state index < -0.39 is 10.0 Å². The first-order chi connectivity index (χ1) is 12.3. The van der Waals surface area contributed by atoms with Gasteiger partial charge in [0.05, 0.1) is 19.1 Å². The second-order valence-electron chi connectivity index (χ2n) is 5.67. The molecule has 0 saturated heterocycles. The van der Waals surface area contributed by atoms with Crippen molar-refractivity contribution >= 4 is 49.9 Å². The van der Waals surface area contributed by atoms with Crippen LogP contribution in [0.15, 0.2) is 48.5 Å². The minimum absolute atomic E-state index is 0.153. The summed E-state index contributed by atoms with van der Waals surface area (Å²) in [5, 5.41) is 2.81. The van der Waals surface area contributed by atoms with Gasteiger partial charge in [-0.05, 0) is 65.4 Å². The molecule has 8 heteroatoms. The summed E-state index contributed by atoms with van der Waals surface area (Å²) in [6.07, 6.45) is 1.75. The smallest absolute Gasteiger partial charge is 0.232 e. The molecule has 2 aromatic carbocycles. The number of hydrogen-bond donors (Lipinski definition) is 1. The summed E-state index contributed by atoms with van der Waals surface area (Å²) < 4.78 is 31.9. The predicted octanol–water partition coefficient (Wildman–Crippen LogP) is 3.48. The van der Waals surface area contributed by atoms with E-state index in [0.29, 0.717) is 17.9 Å². The summed E-state index contributed by atoms with van der Waals surface area (Å²) in [6, 6.07) is 14.4. The van der Waals surface area contributed by atoms with Crippen molar-refractivity contribution in [2.24, 2.45) is 0 Å². The Hall–Kier alpha value is -1.81. The van der Waals surface area contributed by atoms with E-state index in [1.165, 1.54) is 11.4 Å². The third-order valence-electron chi connectivity index (χ3n) is 3.65. The van der Waals surface area contributed by atoms with Gasteiger partial charge >= 0.3 is 0 Å². The Morgan fingerprint density at radius 1 is 1.15 bits per heavy atom. The number of anilines is 2. The first kappa shape index (κ1) is 20.5. The van der Waals surface area contributed by atoms with E-state index in [9.17, 15) is 13.2 Å². The van der Waals surface area contributed by atoms with Gasteiger partial charge < -0.3 is 10.1 Å². The quantitative estimate of drug-likeness (QED) is 0.578. The number of amides is 1. The van der Waals surface area contributed by atoms with Gasteiger partial charge in [-0.2, -0.15) is 0 Å². The summed E-state index contributed by atoms with van der Waals surface area (Å²) >= 11 is 2.19. The van der Waals surface area contributed by atoms with Crippen LogP contribution in [0.1, 0.15) is 12.8 Å². The van der Waals surface area contributed by atoms with Crippen molar-refractivity contribution < 1.29 is 17.9 Å². The predicted molar refractivity (Wildman–Crippen MR) is 112 cm³/mol. The number of carbonyl (C=O) groups is 1. The molecule has 0 aliphatic rings. The molecular weight excluding hydrogens is 467 g/mol. The van der Waals surface area contributed by atoms with Gasteiger partial charge in [0.1, 0.15) is 5.75 Å². The number of benzene rings is 2. The zero-order chi connectivity index (χ0) is 19.2. The van der Waals surface area contributed by atoms with Gasteiger partial charge in [0.25, 0.3) is 0 Å². The van der Waals surface area contributed by atoms with E-state index in [4.69, 9.17) is 4.74 Å². The molecular formula is C18H21IN2O4S. The Bertz CT molecular complexity index is 854. The highest BCUT2D eigenvalue weighted by Crippen LogP contribution is 2.29. The molecule has 2 rings (SSSR count). The minimum atomic E-state index is -3.49. The van der Waals surface area contributed by atoms with Gasteiger partial charge in [-0.3, -0.25) is 9.10 Å². The molecule has 1 amide bonds. The van der Waals surface area contributed by atoms with Crippen LogP contribution in [0.5, 0.6) is 5.75 Å². The highest BCUT2D eigenvalue weighted by Gasteiger charge is 2.20. The highest BCUT2D eigenvalue weighted by atomic mass is 127. The Morgan fingerprint density at radius 2 is 1.81 bits per heavy atom. The van der Waals surface area contributed by atoms with Crippen LogP contribution < -0.4 is 14.4 Å². The van der Waals surface area contributed by atoms with E-state index in [1.807, 2.05) is 24.3 Å². The topological polar surface area (TPSA) is 75.7 Å². The lowest BCUT2D eigenvalue weighted by Gasteiger charge is -2.24. The zero-order valence-corrected chi connectivity index (χ0v) is 17.6. The average Bonchev–Trinajstić information content (AvgIpc) is 2.60. The molecule has 6 nitrogen and oxygen atoms in total. The Morgan fingerprint density at radius 3 is 2.42 bits per heavy atom. The van der Waals surface area contributed by atoms with E-state index in [2.05, 4.69) is 27.9 Å². The number of sulfonamides is 1. The molecule has 0 aliphatic heterocycles. The lowest BCUT2D eigenvalue weighted by atomic mass is 10.2. The van der Waals surface area contributed by atoms with Crippen LogP contribution in [0.2, 0.25) is 0 Å². The first-order valence-corrected chi connectivity index (χ1v) is 10.9. The Kier molecular flexibility index (Phi) is 7.27. The van der Waals surface area contributed by atoms with Crippen molar-refractivity contribution in [1.29, 1.82) is 0 Å². The van der Waals surface area contributed by atoms with Crippen molar-refractivity contribution in [2.75, 3.05) is 29.5 Å². The van der Waals surface area contributed by atoms with Crippen LogP contribution in [-0.2, 0) is 14.8 Å². The van der Waals surface area contributed by atoms with Crippen molar-refractivity contribution in [2.45, 2.75) is 12.8 Å². The van der Waals surface area contributed by atoms with Crippen molar-refractivity contribution in [1.82, 2.24) is 0 Å². The van der Waals surface area contributed by atoms with Crippen molar-refractivity contribution in [3.63, 3.8) is 0 Å². The standard InChI is InChI=1S/C18H21IN2O4S/c1-25-17-7-4-3-6-16(17)21(26(2,23)24)13-5-8-18(22)20-15-11-9-14(19)10-12-15/h3-4,6-7,9-12H,5,8,13H2,1-2H3,(H,20,22).